The standard InChI is InChI=1S/C98H161NO8/c1-6-8-10-12-14-16-18-20-22-24-26-28-30-32-34-36-38-40-42-44-46-48-50-52-54-56-58-60-62-64-66-68-70-72-74-76-78-80-82-84-86-88-95(100)105-92-94(93-106-98(97(102)103)104-91-90-99(3,4)5)107-96(101)89-87-85-83-81-79-77-75-73-71-69-67-65-63-61-59-57-55-53-51-49-47-45-43-41-39-37-35-33-31-29-27-25-23-21-19-17-15-13-11-9-7-2/h8-11,14-17,20-23,26-29,32-35,38-41,44-47,51,53,57,59,94,98H,6-7,12-13,18-19,24-25,30-31,36-37,42-43,48-50,52,54-56,58,60-93H2,1-5H3/p+1/b10-8-,11-9-,16-14-,17-15-,22-20-,23-21-,28-26-,29-27-,34-32-,35-33-,40-38-,41-39-,46-44-,47-45-,53-51-,59-57-. The van der Waals surface area contributed by atoms with E-state index in [2.05, 4.69) is 208 Å². The lowest BCUT2D eigenvalue weighted by molar-refractivity contribution is -0.870. The van der Waals surface area contributed by atoms with Crippen LogP contribution < -0.4 is 0 Å². The molecule has 606 valence electrons. The second kappa shape index (κ2) is 85.7. The van der Waals surface area contributed by atoms with Crippen molar-refractivity contribution in [1.82, 2.24) is 0 Å². The third kappa shape index (κ3) is 87.2. The van der Waals surface area contributed by atoms with E-state index in [1.165, 1.54) is 173 Å². The Hall–Kier alpha value is -5.87. The molecule has 0 radical (unpaired) electrons. The van der Waals surface area contributed by atoms with Crippen molar-refractivity contribution in [1.29, 1.82) is 0 Å². The number of hydrogen-bond donors (Lipinski definition) is 1. The maximum Gasteiger partial charge on any atom is 0.361 e. The second-order valence-corrected chi connectivity index (χ2v) is 29.7. The molecule has 0 heterocycles. The molecule has 0 aromatic heterocycles. The summed E-state index contributed by atoms with van der Waals surface area (Å²) in [6.07, 6.45) is 129. The van der Waals surface area contributed by atoms with E-state index >= 15 is 0 Å². The molecule has 0 fully saturated rings. The predicted octanol–water partition coefficient (Wildman–Crippen LogP) is 28.8. The first-order chi connectivity index (χ1) is 52.6. The van der Waals surface area contributed by atoms with Gasteiger partial charge in [0.2, 0.25) is 0 Å². The summed E-state index contributed by atoms with van der Waals surface area (Å²) in [5, 5.41) is 9.79. The lowest BCUT2D eigenvalue weighted by Gasteiger charge is -2.25. The summed E-state index contributed by atoms with van der Waals surface area (Å²) in [6, 6.07) is 0. The number of esters is 2. The van der Waals surface area contributed by atoms with Gasteiger partial charge in [0.1, 0.15) is 13.2 Å². The molecular formula is C98H162NO8+. The number of aliphatic carboxylic acids is 1. The average molecular weight is 1480 g/mol. The minimum atomic E-state index is -1.52. The normalized spacial score (nSPS) is 13.6. The Morgan fingerprint density at radius 1 is 0.280 bits per heavy atom. The van der Waals surface area contributed by atoms with E-state index in [4.69, 9.17) is 18.9 Å². The molecule has 0 amide bonds. The molecule has 0 spiro atoms. The third-order valence-corrected chi connectivity index (χ3v) is 18.3. The number of quaternary nitrogens is 1. The van der Waals surface area contributed by atoms with Crippen LogP contribution in [0.5, 0.6) is 0 Å². The number of nitrogens with zero attached hydrogens (tertiary/aromatic N) is 1. The van der Waals surface area contributed by atoms with Crippen LogP contribution in [0.15, 0.2) is 194 Å². The van der Waals surface area contributed by atoms with Crippen molar-refractivity contribution >= 4 is 17.9 Å². The van der Waals surface area contributed by atoms with Crippen LogP contribution in [-0.4, -0.2) is 87.4 Å². The third-order valence-electron chi connectivity index (χ3n) is 18.3. The number of likely N-dealkylation sites (N-methyl/N-ethyl adjacent to an activating group) is 1. The molecule has 0 saturated carbocycles. The number of rotatable bonds is 79. The van der Waals surface area contributed by atoms with Gasteiger partial charge < -0.3 is 28.5 Å². The van der Waals surface area contributed by atoms with Gasteiger partial charge in [0.25, 0.3) is 6.29 Å². The first-order valence-corrected chi connectivity index (χ1v) is 43.6. The highest BCUT2D eigenvalue weighted by Gasteiger charge is 2.25. The number of carboxylic acids is 1. The van der Waals surface area contributed by atoms with E-state index in [0.717, 1.165) is 141 Å². The lowest BCUT2D eigenvalue weighted by atomic mass is 10.0. The molecule has 0 aromatic rings. The summed E-state index contributed by atoms with van der Waals surface area (Å²) in [7, 11) is 5.98. The quantitative estimate of drug-likeness (QED) is 0.0211. The average Bonchev–Trinajstić information content (AvgIpc) is 0.965. The van der Waals surface area contributed by atoms with Crippen molar-refractivity contribution in [3.05, 3.63) is 194 Å². The van der Waals surface area contributed by atoms with Crippen LogP contribution in [-0.2, 0) is 33.3 Å². The Bertz CT molecular complexity index is 2480. The smallest absolute Gasteiger partial charge is 0.361 e. The summed E-state index contributed by atoms with van der Waals surface area (Å²) in [5.41, 5.74) is 0. The molecule has 0 saturated heterocycles. The maximum atomic E-state index is 13.0. The minimum absolute atomic E-state index is 0.182. The first kappa shape index (κ1) is 101. The van der Waals surface area contributed by atoms with Gasteiger partial charge in [-0.1, -0.05) is 388 Å². The fourth-order valence-corrected chi connectivity index (χ4v) is 11.8. The Kier molecular flexibility index (Phi) is 81.0. The van der Waals surface area contributed by atoms with Crippen LogP contribution in [0.4, 0.5) is 0 Å². The van der Waals surface area contributed by atoms with Crippen molar-refractivity contribution in [2.24, 2.45) is 0 Å². The monoisotopic (exact) mass is 1480 g/mol. The Morgan fingerprint density at radius 2 is 0.505 bits per heavy atom. The van der Waals surface area contributed by atoms with Crippen LogP contribution in [0.1, 0.15) is 348 Å². The fraction of sp³-hybridized carbons (Fsp3) is 0.643. The maximum absolute atomic E-state index is 13.0. The number of carbonyl (C=O) groups is 3. The summed E-state index contributed by atoms with van der Waals surface area (Å²) >= 11 is 0. The second-order valence-electron chi connectivity index (χ2n) is 29.7. The number of unbranched alkanes of at least 4 members (excludes halogenated alkanes) is 32. The van der Waals surface area contributed by atoms with Gasteiger partial charge in [-0.3, -0.25) is 9.59 Å². The number of ether oxygens (including phenoxy) is 4. The topological polar surface area (TPSA) is 108 Å². The van der Waals surface area contributed by atoms with E-state index < -0.39 is 24.3 Å². The zero-order valence-corrected chi connectivity index (χ0v) is 69.5. The molecule has 0 bridgehead atoms. The summed E-state index contributed by atoms with van der Waals surface area (Å²) < 4.78 is 23.1. The number of carboxylic acid groups (broad SMARTS) is 1. The van der Waals surface area contributed by atoms with Crippen molar-refractivity contribution in [3.63, 3.8) is 0 Å². The van der Waals surface area contributed by atoms with E-state index in [9.17, 15) is 19.5 Å². The van der Waals surface area contributed by atoms with E-state index in [1.54, 1.807) is 0 Å². The van der Waals surface area contributed by atoms with Gasteiger partial charge in [-0.05, 0) is 141 Å². The van der Waals surface area contributed by atoms with E-state index in [1.807, 2.05) is 21.1 Å². The molecule has 0 aliphatic carbocycles. The van der Waals surface area contributed by atoms with Gasteiger partial charge in [0, 0.05) is 12.8 Å². The van der Waals surface area contributed by atoms with Crippen LogP contribution in [0, 0.1) is 0 Å². The van der Waals surface area contributed by atoms with Crippen molar-refractivity contribution in [2.45, 2.75) is 360 Å². The number of hydrogen-bond acceptors (Lipinski definition) is 7. The van der Waals surface area contributed by atoms with Crippen LogP contribution in [0.3, 0.4) is 0 Å². The molecule has 0 aromatic carbocycles. The molecule has 0 rings (SSSR count). The molecule has 9 nitrogen and oxygen atoms in total. The van der Waals surface area contributed by atoms with Crippen molar-refractivity contribution in [3.8, 4) is 0 Å². The zero-order chi connectivity index (χ0) is 77.4. The van der Waals surface area contributed by atoms with Gasteiger partial charge in [-0.2, -0.15) is 0 Å². The summed E-state index contributed by atoms with van der Waals surface area (Å²) in [5.74, 6) is -2.00. The van der Waals surface area contributed by atoms with Crippen molar-refractivity contribution < 1.29 is 42.9 Å². The van der Waals surface area contributed by atoms with E-state index in [0.29, 0.717) is 23.9 Å². The highest BCUT2D eigenvalue weighted by molar-refractivity contribution is 5.71. The molecule has 107 heavy (non-hydrogen) atoms. The molecule has 1 N–H and O–H groups in total. The molecule has 2 atom stereocenters. The highest BCUT2D eigenvalue weighted by Crippen LogP contribution is 2.18. The largest absolute Gasteiger partial charge is 0.477 e. The summed E-state index contributed by atoms with van der Waals surface area (Å²) in [4.78, 5) is 37.8. The zero-order valence-electron chi connectivity index (χ0n) is 69.5. The lowest BCUT2D eigenvalue weighted by Crippen LogP contribution is -2.40. The fourth-order valence-electron chi connectivity index (χ4n) is 11.8. The van der Waals surface area contributed by atoms with Gasteiger partial charge in [0.05, 0.1) is 34.4 Å². The predicted molar refractivity (Wildman–Crippen MR) is 465 cm³/mol. The summed E-state index contributed by atoms with van der Waals surface area (Å²) in [6.45, 7) is 4.66. The Morgan fingerprint density at radius 3 is 0.748 bits per heavy atom. The molecule has 0 aliphatic rings. The van der Waals surface area contributed by atoms with Crippen LogP contribution in [0.2, 0.25) is 0 Å². The Labute approximate surface area is 659 Å². The molecular weight excluding hydrogens is 1320 g/mol. The van der Waals surface area contributed by atoms with Gasteiger partial charge in [-0.25, -0.2) is 4.79 Å². The SMILES string of the molecule is CC/C=C\C/C=C\C/C=C\C/C=C\C/C=C\C/C=C\C/C=C\C/C=C\C/C=C\CCCCCCCCCCCCCCCC(=O)OC(COC(=O)CCCCCCCCCCCCCCCCCCCCC/C=C\C/C=C\C/C=C\C/C=C\C/C=C\C/C=C\C/C=C\CC)COC(OCC[N+](C)(C)C)C(=O)O. The molecule has 2 unspecified atom stereocenters. The van der Waals surface area contributed by atoms with Crippen LogP contribution >= 0.6 is 0 Å². The van der Waals surface area contributed by atoms with Gasteiger partial charge >= 0.3 is 17.9 Å². The Balaban J connectivity index is 4.03. The van der Waals surface area contributed by atoms with Gasteiger partial charge in [0.15, 0.2) is 6.10 Å². The molecule has 9 heteroatoms. The van der Waals surface area contributed by atoms with Crippen molar-refractivity contribution in [2.75, 3.05) is 47.5 Å². The number of carbonyl (C=O) groups excluding carboxylic acids is 2. The minimum Gasteiger partial charge on any atom is -0.477 e. The highest BCUT2D eigenvalue weighted by atomic mass is 16.7. The van der Waals surface area contributed by atoms with Gasteiger partial charge in [-0.15, -0.1) is 0 Å². The number of allylic oxidation sites excluding steroid dienone is 32. The van der Waals surface area contributed by atoms with Crippen LogP contribution in [0.25, 0.3) is 0 Å². The first-order valence-electron chi connectivity index (χ1n) is 43.6. The van der Waals surface area contributed by atoms with E-state index in [-0.39, 0.29) is 32.2 Å². The molecule has 0 aliphatic heterocycles.